The summed E-state index contributed by atoms with van der Waals surface area (Å²) in [6.45, 7) is 2.00. The van der Waals surface area contributed by atoms with Crippen LogP contribution in [0.5, 0.6) is 17.2 Å². The highest BCUT2D eigenvalue weighted by atomic mass is 79.9. The highest BCUT2D eigenvalue weighted by molar-refractivity contribution is 9.10. The molecule has 170 valence electrons. The second-order valence-corrected chi connectivity index (χ2v) is 8.07. The molecule has 4 N–H and O–H groups in total. The summed E-state index contributed by atoms with van der Waals surface area (Å²) in [7, 11) is 0. The van der Waals surface area contributed by atoms with Crippen LogP contribution in [0.25, 0.3) is 0 Å². The lowest BCUT2D eigenvalue weighted by atomic mass is 9.92. The zero-order chi connectivity index (χ0) is 23.1. The van der Waals surface area contributed by atoms with Gasteiger partial charge in [0, 0.05) is 27.9 Å². The number of benzene rings is 2. The molecule has 0 aromatic heterocycles. The van der Waals surface area contributed by atoms with Crippen LogP contribution < -0.4 is 20.3 Å². The molecule has 0 spiro atoms. The molecule has 2 aromatic rings. The van der Waals surface area contributed by atoms with Crippen molar-refractivity contribution in [1.29, 1.82) is 0 Å². The molecule has 0 aliphatic carbocycles. The maximum Gasteiger partial charge on any atom is 0.412 e. The van der Waals surface area contributed by atoms with E-state index >= 15 is 0 Å². The van der Waals surface area contributed by atoms with Crippen LogP contribution in [0.3, 0.4) is 0 Å². The quantitative estimate of drug-likeness (QED) is 0.233. The molecule has 0 saturated carbocycles. The molecule has 0 bridgehead atoms. The largest absolute Gasteiger partial charge is 0.508 e. The number of ether oxygens (including phenoxy) is 3. The van der Waals surface area contributed by atoms with E-state index in [2.05, 4.69) is 21.2 Å². The van der Waals surface area contributed by atoms with E-state index in [9.17, 15) is 14.7 Å². The van der Waals surface area contributed by atoms with Gasteiger partial charge in [0.25, 0.3) is 5.91 Å². The lowest BCUT2D eigenvalue weighted by Crippen LogP contribution is -2.22. The Hall–Kier alpha value is -3.24. The molecule has 32 heavy (non-hydrogen) atoms. The van der Waals surface area contributed by atoms with Crippen molar-refractivity contribution in [3.8, 4) is 17.2 Å². The van der Waals surface area contributed by atoms with Gasteiger partial charge in [-0.25, -0.2) is 10.3 Å². The Labute approximate surface area is 193 Å². The highest BCUT2D eigenvalue weighted by Crippen LogP contribution is 2.37. The van der Waals surface area contributed by atoms with E-state index < -0.39 is 18.1 Å². The summed E-state index contributed by atoms with van der Waals surface area (Å²) >= 11 is 3.38. The molecular formula is C22H23BrN2O7. The summed E-state index contributed by atoms with van der Waals surface area (Å²) in [4.78, 5) is 23.8. The van der Waals surface area contributed by atoms with E-state index in [4.69, 9.17) is 19.4 Å². The number of carbonyl (C=O) groups is 2. The van der Waals surface area contributed by atoms with Gasteiger partial charge >= 0.3 is 6.09 Å². The summed E-state index contributed by atoms with van der Waals surface area (Å²) in [6.07, 6.45) is 2.39. The molecule has 3 rings (SSSR count). The van der Waals surface area contributed by atoms with Gasteiger partial charge in [-0.15, -0.1) is 0 Å². The van der Waals surface area contributed by atoms with E-state index in [1.54, 1.807) is 36.4 Å². The van der Waals surface area contributed by atoms with Crippen molar-refractivity contribution >= 4 is 33.6 Å². The first kappa shape index (κ1) is 23.4. The Morgan fingerprint density at radius 1 is 1.22 bits per heavy atom. The van der Waals surface area contributed by atoms with Gasteiger partial charge in [0.15, 0.2) is 11.5 Å². The monoisotopic (exact) mass is 506 g/mol. The van der Waals surface area contributed by atoms with Crippen LogP contribution >= 0.6 is 15.9 Å². The normalized spacial score (nSPS) is 14.1. The maximum atomic E-state index is 12.7. The summed E-state index contributed by atoms with van der Waals surface area (Å²) in [6, 6.07) is 9.88. The third-order valence-corrected chi connectivity index (χ3v) is 5.33. The van der Waals surface area contributed by atoms with E-state index in [1.807, 2.05) is 6.92 Å². The first-order valence-electron chi connectivity index (χ1n) is 9.83. The van der Waals surface area contributed by atoms with Crippen LogP contribution in [-0.2, 0) is 9.53 Å². The van der Waals surface area contributed by atoms with Crippen molar-refractivity contribution in [2.45, 2.75) is 25.9 Å². The number of fused-ring (bicyclic) bond motifs is 1. The Morgan fingerprint density at radius 2 is 2.00 bits per heavy atom. The molecule has 10 heteroatoms. The fraction of sp³-hybridized carbons (Fsp3) is 0.273. The summed E-state index contributed by atoms with van der Waals surface area (Å²) in [5, 5.41) is 21.6. The second kappa shape index (κ2) is 10.9. The summed E-state index contributed by atoms with van der Waals surface area (Å²) < 4.78 is 17.0. The molecule has 2 amide bonds. The SMILES string of the molecule is C[C@@H](CC/C=C/C(=O)NO)[C@H](OC(=O)Nc1ccc2c(c1)OCO2)c1cc(Br)ccc1O. The molecule has 1 aliphatic heterocycles. The van der Waals surface area contributed by atoms with E-state index in [0.717, 1.165) is 4.47 Å². The number of allylic oxidation sites excluding steroid dienone is 1. The Bertz CT molecular complexity index is 1010. The number of anilines is 1. The molecule has 2 atom stereocenters. The molecule has 0 radical (unpaired) electrons. The van der Waals surface area contributed by atoms with Gasteiger partial charge in [-0.1, -0.05) is 28.9 Å². The first-order chi connectivity index (χ1) is 15.4. The van der Waals surface area contributed by atoms with Gasteiger partial charge in [-0.3, -0.25) is 15.3 Å². The molecule has 0 fully saturated rings. The molecular weight excluding hydrogens is 484 g/mol. The fourth-order valence-electron chi connectivity index (χ4n) is 3.21. The number of nitrogens with one attached hydrogen (secondary N) is 2. The standard InChI is InChI=1S/C22H23BrN2O7/c1-13(4-2-3-5-20(27)25-29)21(16-10-14(23)6-8-17(16)26)32-22(28)24-15-7-9-18-19(11-15)31-12-30-18/h3,5-11,13,21,26,29H,2,4,12H2,1H3,(H,24,28)(H,25,27)/b5-3+/t13-,21-/m0/s1. The summed E-state index contributed by atoms with van der Waals surface area (Å²) in [5.74, 6) is 0.280. The minimum absolute atomic E-state index is 0.00358. The molecule has 1 heterocycles. The van der Waals surface area contributed by atoms with Crippen molar-refractivity contribution in [2.75, 3.05) is 12.1 Å². The van der Waals surface area contributed by atoms with Gasteiger partial charge in [-0.2, -0.15) is 0 Å². The molecule has 0 unspecified atom stereocenters. The molecule has 9 nitrogen and oxygen atoms in total. The van der Waals surface area contributed by atoms with Crippen LogP contribution in [0.2, 0.25) is 0 Å². The van der Waals surface area contributed by atoms with Gasteiger partial charge in [0.2, 0.25) is 6.79 Å². The number of aromatic hydroxyl groups is 1. The number of phenolic OH excluding ortho intramolecular Hbond substituents is 1. The van der Waals surface area contributed by atoms with Crippen LogP contribution in [0.4, 0.5) is 10.5 Å². The highest BCUT2D eigenvalue weighted by Gasteiger charge is 2.26. The zero-order valence-electron chi connectivity index (χ0n) is 17.2. The molecule has 1 aliphatic rings. The van der Waals surface area contributed by atoms with Crippen LogP contribution in [-0.4, -0.2) is 29.1 Å². The Morgan fingerprint density at radius 3 is 2.78 bits per heavy atom. The average Bonchev–Trinajstić information content (AvgIpc) is 3.24. The average molecular weight is 507 g/mol. The minimum Gasteiger partial charge on any atom is -0.508 e. The number of hydrogen-bond acceptors (Lipinski definition) is 7. The lowest BCUT2D eigenvalue weighted by molar-refractivity contribution is -0.124. The van der Waals surface area contributed by atoms with Crippen LogP contribution in [0.15, 0.2) is 53.0 Å². The fourth-order valence-corrected chi connectivity index (χ4v) is 3.59. The zero-order valence-corrected chi connectivity index (χ0v) is 18.8. The lowest BCUT2D eigenvalue weighted by Gasteiger charge is -2.25. The number of amides is 2. The number of halogens is 1. The topological polar surface area (TPSA) is 126 Å². The van der Waals surface area contributed by atoms with Gasteiger partial charge in [0.05, 0.1) is 0 Å². The number of rotatable bonds is 8. The molecule has 2 aromatic carbocycles. The van der Waals surface area contributed by atoms with Crippen LogP contribution in [0, 0.1) is 5.92 Å². The number of hydrogen-bond donors (Lipinski definition) is 4. The van der Waals surface area contributed by atoms with Gasteiger partial charge < -0.3 is 19.3 Å². The molecule has 0 saturated heterocycles. The van der Waals surface area contributed by atoms with E-state index in [0.29, 0.717) is 35.6 Å². The second-order valence-electron chi connectivity index (χ2n) is 7.16. The van der Waals surface area contributed by atoms with E-state index in [-0.39, 0.29) is 18.5 Å². The predicted molar refractivity (Wildman–Crippen MR) is 119 cm³/mol. The Kier molecular flexibility index (Phi) is 7.96. The van der Waals surface area contributed by atoms with Crippen molar-refractivity contribution in [3.63, 3.8) is 0 Å². The van der Waals surface area contributed by atoms with Crippen molar-refractivity contribution < 1.29 is 34.1 Å². The third-order valence-electron chi connectivity index (χ3n) is 4.83. The minimum atomic E-state index is -0.762. The van der Waals surface area contributed by atoms with E-state index in [1.165, 1.54) is 17.6 Å². The predicted octanol–water partition coefficient (Wildman–Crippen LogP) is 4.65. The summed E-state index contributed by atoms with van der Waals surface area (Å²) in [5.41, 5.74) is 2.44. The third kappa shape index (κ3) is 6.14. The number of carbonyl (C=O) groups excluding carboxylic acids is 2. The van der Waals surface area contributed by atoms with Crippen molar-refractivity contribution in [2.24, 2.45) is 5.92 Å². The van der Waals surface area contributed by atoms with Crippen molar-refractivity contribution in [1.82, 2.24) is 5.48 Å². The Balaban J connectivity index is 1.72. The number of hydroxylamine groups is 1. The maximum absolute atomic E-state index is 12.7. The van der Waals surface area contributed by atoms with Crippen molar-refractivity contribution in [3.05, 3.63) is 58.6 Å². The van der Waals surface area contributed by atoms with Gasteiger partial charge in [0.1, 0.15) is 11.9 Å². The number of phenols is 1. The smallest absolute Gasteiger partial charge is 0.412 e. The first-order valence-corrected chi connectivity index (χ1v) is 10.6. The van der Waals surface area contributed by atoms with Crippen LogP contribution in [0.1, 0.15) is 31.4 Å². The van der Waals surface area contributed by atoms with Gasteiger partial charge in [-0.05, 0) is 49.1 Å².